The van der Waals surface area contributed by atoms with E-state index in [1.54, 1.807) is 38.1 Å². The lowest BCUT2D eigenvalue weighted by molar-refractivity contribution is -0.128. The Morgan fingerprint density at radius 2 is 1.54 bits per heavy atom. The van der Waals surface area contributed by atoms with E-state index in [4.69, 9.17) is 4.84 Å². The summed E-state index contributed by atoms with van der Waals surface area (Å²) in [6.07, 6.45) is 0. The number of Topliss-reactive ketones (excluding diaryl/α,β-unsaturated/α-hetero) is 1. The first-order valence-electron chi connectivity index (χ1n) is 11.2. The van der Waals surface area contributed by atoms with E-state index in [0.717, 1.165) is 28.8 Å². The van der Waals surface area contributed by atoms with Gasteiger partial charge in [-0.15, -0.1) is 0 Å². The topological polar surface area (TPSA) is 67.8 Å². The van der Waals surface area contributed by atoms with Gasteiger partial charge in [0, 0.05) is 11.3 Å². The minimum Gasteiger partial charge on any atom is -0.381 e. The number of ketones is 1. The van der Waals surface area contributed by atoms with Crippen LogP contribution in [-0.2, 0) is 15.0 Å². The number of benzene rings is 3. The third kappa shape index (κ3) is 4.71. The molecule has 3 aromatic carbocycles. The van der Waals surface area contributed by atoms with Crippen LogP contribution in [0.3, 0.4) is 0 Å². The zero-order chi connectivity index (χ0) is 25.5. The van der Waals surface area contributed by atoms with Gasteiger partial charge < -0.3 is 10.2 Å². The lowest BCUT2D eigenvalue weighted by atomic mass is 9.80. The van der Waals surface area contributed by atoms with Crippen molar-refractivity contribution in [1.82, 2.24) is 0 Å². The highest BCUT2D eigenvalue weighted by atomic mass is 19.1. The number of carbonyl (C=O) groups is 2. The van der Waals surface area contributed by atoms with Gasteiger partial charge in [-0.1, -0.05) is 56.3 Å². The Hall–Kier alpha value is -3.87. The highest BCUT2D eigenvalue weighted by Crippen LogP contribution is 2.35. The fraction of sp³-hybridized carbons (Fsp3) is 0.250. The predicted molar refractivity (Wildman–Crippen MR) is 132 cm³/mol. The van der Waals surface area contributed by atoms with Crippen LogP contribution in [-0.4, -0.2) is 23.0 Å². The van der Waals surface area contributed by atoms with Crippen LogP contribution in [0.25, 0.3) is 11.1 Å². The number of hydrogen-bond donors (Lipinski definition) is 1. The summed E-state index contributed by atoms with van der Waals surface area (Å²) in [5.74, 6) is -2.92. The Morgan fingerprint density at radius 3 is 2.09 bits per heavy atom. The van der Waals surface area contributed by atoms with Crippen LogP contribution >= 0.6 is 0 Å². The molecule has 0 radical (unpaired) electrons. The molecule has 7 heteroatoms. The van der Waals surface area contributed by atoms with Crippen LogP contribution in [0.2, 0.25) is 0 Å². The van der Waals surface area contributed by atoms with Crippen LogP contribution in [0.1, 0.15) is 56.1 Å². The van der Waals surface area contributed by atoms with Crippen molar-refractivity contribution in [2.75, 3.05) is 5.32 Å². The summed E-state index contributed by atoms with van der Waals surface area (Å²) >= 11 is 0. The molecule has 1 N–H and O–H groups in total. The molecule has 0 aromatic heterocycles. The van der Waals surface area contributed by atoms with Gasteiger partial charge in [-0.05, 0) is 66.3 Å². The smallest absolute Gasteiger partial charge is 0.261 e. The highest BCUT2D eigenvalue weighted by molar-refractivity contribution is 6.49. The average molecular weight is 477 g/mol. The van der Waals surface area contributed by atoms with Gasteiger partial charge in [0.1, 0.15) is 17.2 Å². The van der Waals surface area contributed by atoms with E-state index in [1.807, 2.05) is 18.2 Å². The summed E-state index contributed by atoms with van der Waals surface area (Å²) < 4.78 is 27.9. The van der Waals surface area contributed by atoms with Gasteiger partial charge in [0.2, 0.25) is 5.78 Å². The number of nitrogens with one attached hydrogen (secondary N) is 1. The number of anilines is 1. The number of carbonyl (C=O) groups excluding carboxylic acids is 2. The third-order valence-corrected chi connectivity index (χ3v) is 5.87. The average Bonchev–Trinajstić information content (AvgIpc) is 3.05. The Morgan fingerprint density at radius 1 is 0.943 bits per heavy atom. The van der Waals surface area contributed by atoms with Gasteiger partial charge in [0.25, 0.3) is 5.91 Å². The maximum atomic E-state index is 13.9. The Bertz CT molecular complexity index is 1330. The number of nitrogens with zero attached hydrogens (tertiary/aromatic N) is 1. The van der Waals surface area contributed by atoms with E-state index < -0.39 is 28.7 Å². The van der Waals surface area contributed by atoms with E-state index in [2.05, 4.69) is 31.2 Å². The first-order valence-corrected chi connectivity index (χ1v) is 11.2. The fourth-order valence-corrected chi connectivity index (χ4v) is 3.94. The first kappa shape index (κ1) is 24.3. The standard InChI is InChI=1S/C28H26F2N2O3/c1-27(2,3)20-14-11-17(24-25(33)28(4,5)35-32-24)15-19(20)16-9-12-18(13-10-16)31-26(34)23-21(29)7-6-8-22(23)30/h6-15H,1-5H3,(H,31,34). The number of rotatable bonds is 4. The molecular formula is C28H26F2N2O3. The lowest BCUT2D eigenvalue weighted by Crippen LogP contribution is -2.33. The lowest BCUT2D eigenvalue weighted by Gasteiger charge is -2.24. The minimum atomic E-state index is -1.00. The van der Waals surface area contributed by atoms with Gasteiger partial charge in [0.15, 0.2) is 11.3 Å². The van der Waals surface area contributed by atoms with E-state index in [1.165, 1.54) is 6.07 Å². The summed E-state index contributed by atoms with van der Waals surface area (Å²) in [6.45, 7) is 9.63. The van der Waals surface area contributed by atoms with Crippen molar-refractivity contribution in [1.29, 1.82) is 0 Å². The summed E-state index contributed by atoms with van der Waals surface area (Å²) in [5.41, 5.74) is 2.27. The molecule has 5 nitrogen and oxygen atoms in total. The van der Waals surface area contributed by atoms with Crippen LogP contribution in [0.15, 0.2) is 65.8 Å². The molecule has 1 heterocycles. The van der Waals surface area contributed by atoms with Gasteiger partial charge in [-0.25, -0.2) is 8.78 Å². The number of hydrogen-bond acceptors (Lipinski definition) is 4. The van der Waals surface area contributed by atoms with E-state index in [9.17, 15) is 18.4 Å². The molecule has 1 aliphatic heterocycles. The van der Waals surface area contributed by atoms with E-state index in [-0.39, 0.29) is 16.9 Å². The monoisotopic (exact) mass is 476 g/mol. The van der Waals surface area contributed by atoms with Crippen LogP contribution in [0.4, 0.5) is 14.5 Å². The van der Waals surface area contributed by atoms with Gasteiger partial charge >= 0.3 is 0 Å². The van der Waals surface area contributed by atoms with Crippen molar-refractivity contribution < 1.29 is 23.2 Å². The Balaban J connectivity index is 1.67. The number of amides is 1. The quantitative estimate of drug-likeness (QED) is 0.483. The fourth-order valence-electron chi connectivity index (χ4n) is 3.94. The second kappa shape index (κ2) is 8.73. The molecule has 1 aliphatic rings. The molecule has 0 saturated carbocycles. The van der Waals surface area contributed by atoms with Crippen LogP contribution in [0, 0.1) is 11.6 Å². The zero-order valence-corrected chi connectivity index (χ0v) is 20.2. The van der Waals surface area contributed by atoms with Gasteiger partial charge in [0.05, 0.1) is 0 Å². The van der Waals surface area contributed by atoms with Crippen molar-refractivity contribution in [2.24, 2.45) is 5.16 Å². The summed E-state index contributed by atoms with van der Waals surface area (Å²) in [7, 11) is 0. The van der Waals surface area contributed by atoms with Crippen molar-refractivity contribution in [2.45, 2.75) is 45.6 Å². The molecule has 0 fully saturated rings. The van der Waals surface area contributed by atoms with Crippen molar-refractivity contribution in [3.63, 3.8) is 0 Å². The second-order valence-corrected chi connectivity index (χ2v) is 10.0. The molecule has 180 valence electrons. The second-order valence-electron chi connectivity index (χ2n) is 10.0. The minimum absolute atomic E-state index is 0.189. The van der Waals surface area contributed by atoms with E-state index in [0.29, 0.717) is 11.3 Å². The van der Waals surface area contributed by atoms with E-state index >= 15 is 0 Å². The normalized spacial score (nSPS) is 14.9. The SMILES string of the molecule is CC1(C)ON=C(c2ccc(C(C)(C)C)c(-c3ccc(NC(=O)c4c(F)cccc4F)cc3)c2)C1=O. The highest BCUT2D eigenvalue weighted by Gasteiger charge is 2.40. The van der Waals surface area contributed by atoms with Crippen LogP contribution < -0.4 is 5.32 Å². The van der Waals surface area contributed by atoms with Crippen LogP contribution in [0.5, 0.6) is 0 Å². The summed E-state index contributed by atoms with van der Waals surface area (Å²) in [4.78, 5) is 30.5. The molecule has 0 aliphatic carbocycles. The maximum absolute atomic E-state index is 13.9. The molecule has 0 bridgehead atoms. The molecule has 1 amide bonds. The molecule has 0 unspecified atom stereocenters. The Kier molecular flexibility index (Phi) is 6.05. The Labute approximate surface area is 202 Å². The number of oxime groups is 1. The maximum Gasteiger partial charge on any atom is 0.261 e. The zero-order valence-electron chi connectivity index (χ0n) is 20.2. The van der Waals surface area contributed by atoms with Gasteiger partial charge in [-0.3, -0.25) is 9.59 Å². The molecule has 0 atom stereocenters. The largest absolute Gasteiger partial charge is 0.381 e. The third-order valence-electron chi connectivity index (χ3n) is 5.87. The molecule has 0 saturated heterocycles. The van der Waals surface area contributed by atoms with Crippen molar-refractivity contribution in [3.8, 4) is 11.1 Å². The summed E-state index contributed by atoms with van der Waals surface area (Å²) in [5, 5.41) is 6.55. The molecule has 0 spiro atoms. The van der Waals surface area contributed by atoms with Gasteiger partial charge in [-0.2, -0.15) is 0 Å². The summed E-state index contributed by atoms with van der Waals surface area (Å²) in [6, 6.07) is 16.0. The first-order chi connectivity index (χ1) is 16.4. The van der Waals surface area contributed by atoms with Crippen molar-refractivity contribution in [3.05, 3.63) is 89.0 Å². The predicted octanol–water partition coefficient (Wildman–Crippen LogP) is 6.26. The number of halogens is 2. The molecule has 3 aromatic rings. The van der Waals surface area contributed by atoms with Crippen molar-refractivity contribution >= 4 is 23.1 Å². The molecule has 4 rings (SSSR count). The molecular weight excluding hydrogens is 450 g/mol. The molecule has 35 heavy (non-hydrogen) atoms.